The first-order chi connectivity index (χ1) is 11.7. The molecule has 0 saturated heterocycles. The molecule has 1 aliphatic carbocycles. The number of benzene rings is 1. The molecule has 2 aromatic rings. The predicted octanol–water partition coefficient (Wildman–Crippen LogP) is 2.39. The summed E-state index contributed by atoms with van der Waals surface area (Å²) in [6, 6.07) is 8.81. The lowest BCUT2D eigenvalue weighted by Crippen LogP contribution is -2.45. The van der Waals surface area contributed by atoms with Crippen LogP contribution in [-0.4, -0.2) is 41.5 Å². The van der Waals surface area contributed by atoms with Gasteiger partial charge in [-0.05, 0) is 47.9 Å². The van der Waals surface area contributed by atoms with Gasteiger partial charge in [-0.2, -0.15) is 0 Å². The van der Waals surface area contributed by atoms with Gasteiger partial charge in [-0.1, -0.05) is 31.9 Å². The SMILES string of the molecule is CC[S@@](=O)[C@@H]1CCCC[C@@H]1N[C@@H](C)c1ccc(-n2cnnn2)cc1. The van der Waals surface area contributed by atoms with Crippen LogP contribution in [0.3, 0.4) is 0 Å². The molecular weight excluding hydrogens is 322 g/mol. The second-order valence-corrected chi connectivity index (χ2v) is 8.28. The fraction of sp³-hybridized carbons (Fsp3) is 0.588. The highest BCUT2D eigenvalue weighted by atomic mass is 32.2. The Morgan fingerprint density at radius 1 is 1.29 bits per heavy atom. The molecule has 6 nitrogen and oxygen atoms in total. The van der Waals surface area contributed by atoms with E-state index >= 15 is 0 Å². The Bertz CT molecular complexity index is 658. The van der Waals surface area contributed by atoms with E-state index in [-0.39, 0.29) is 11.3 Å². The van der Waals surface area contributed by atoms with Crippen molar-refractivity contribution in [2.75, 3.05) is 5.75 Å². The van der Waals surface area contributed by atoms with Crippen LogP contribution in [0.2, 0.25) is 0 Å². The number of nitrogens with zero attached hydrogens (tertiary/aromatic N) is 4. The van der Waals surface area contributed by atoms with Crippen LogP contribution in [0.1, 0.15) is 51.1 Å². The number of rotatable bonds is 6. The third kappa shape index (κ3) is 3.89. The van der Waals surface area contributed by atoms with Crippen molar-refractivity contribution in [2.45, 2.75) is 56.9 Å². The summed E-state index contributed by atoms with van der Waals surface area (Å²) in [6.07, 6.45) is 6.19. The molecule has 1 aromatic heterocycles. The van der Waals surface area contributed by atoms with Crippen LogP contribution in [0.15, 0.2) is 30.6 Å². The molecule has 0 bridgehead atoms. The molecule has 1 heterocycles. The van der Waals surface area contributed by atoms with Gasteiger partial charge in [-0.15, -0.1) is 5.10 Å². The fourth-order valence-corrected chi connectivity index (χ4v) is 4.87. The summed E-state index contributed by atoms with van der Waals surface area (Å²) in [4.78, 5) is 0. The van der Waals surface area contributed by atoms with Crippen LogP contribution in [0.25, 0.3) is 5.69 Å². The van der Waals surface area contributed by atoms with Crippen LogP contribution >= 0.6 is 0 Å². The van der Waals surface area contributed by atoms with Crippen molar-refractivity contribution in [2.24, 2.45) is 0 Å². The Morgan fingerprint density at radius 2 is 2.04 bits per heavy atom. The highest BCUT2D eigenvalue weighted by Gasteiger charge is 2.30. The summed E-state index contributed by atoms with van der Waals surface area (Å²) < 4.78 is 14.0. The number of hydrogen-bond donors (Lipinski definition) is 1. The van der Waals surface area contributed by atoms with E-state index in [0.29, 0.717) is 6.04 Å². The van der Waals surface area contributed by atoms with Crippen LogP contribution < -0.4 is 5.32 Å². The Morgan fingerprint density at radius 3 is 2.71 bits per heavy atom. The normalized spacial score (nSPS) is 23.8. The monoisotopic (exact) mass is 347 g/mol. The Kier molecular flexibility index (Phi) is 5.73. The van der Waals surface area contributed by atoms with E-state index in [0.717, 1.165) is 24.3 Å². The topological polar surface area (TPSA) is 72.7 Å². The Hall–Kier alpha value is -1.60. The molecule has 1 aliphatic rings. The van der Waals surface area contributed by atoms with Gasteiger partial charge < -0.3 is 5.32 Å². The minimum Gasteiger partial charge on any atom is -0.306 e. The zero-order valence-electron chi connectivity index (χ0n) is 14.3. The molecule has 130 valence electrons. The van der Waals surface area contributed by atoms with Crippen molar-refractivity contribution in [3.63, 3.8) is 0 Å². The van der Waals surface area contributed by atoms with Gasteiger partial charge in [0.05, 0.1) is 10.9 Å². The Labute approximate surface area is 145 Å². The fourth-order valence-electron chi connectivity index (χ4n) is 3.43. The first kappa shape index (κ1) is 17.2. The molecule has 7 heteroatoms. The predicted molar refractivity (Wildman–Crippen MR) is 95.4 cm³/mol. The first-order valence-electron chi connectivity index (χ1n) is 8.65. The number of hydrogen-bond acceptors (Lipinski definition) is 5. The molecule has 1 aromatic carbocycles. The first-order valence-corrected chi connectivity index (χ1v) is 10.0. The minimum absolute atomic E-state index is 0.229. The molecule has 0 spiro atoms. The smallest absolute Gasteiger partial charge is 0.143 e. The van der Waals surface area contributed by atoms with Crippen molar-refractivity contribution in [1.29, 1.82) is 0 Å². The molecule has 1 N–H and O–H groups in total. The molecule has 3 rings (SSSR count). The van der Waals surface area contributed by atoms with E-state index in [4.69, 9.17) is 0 Å². The van der Waals surface area contributed by atoms with E-state index in [1.807, 2.05) is 19.1 Å². The average Bonchev–Trinajstić information content (AvgIpc) is 3.16. The maximum atomic E-state index is 12.3. The van der Waals surface area contributed by atoms with Crippen molar-refractivity contribution in [1.82, 2.24) is 25.5 Å². The molecule has 4 atom stereocenters. The summed E-state index contributed by atoms with van der Waals surface area (Å²) in [5.41, 5.74) is 2.16. The molecule has 1 fully saturated rings. The maximum absolute atomic E-state index is 12.3. The quantitative estimate of drug-likeness (QED) is 0.869. The Balaban J connectivity index is 1.67. The lowest BCUT2D eigenvalue weighted by atomic mass is 9.93. The van der Waals surface area contributed by atoms with E-state index in [2.05, 4.69) is 39.9 Å². The molecule has 1 saturated carbocycles. The van der Waals surface area contributed by atoms with Crippen LogP contribution in [0, 0.1) is 0 Å². The maximum Gasteiger partial charge on any atom is 0.143 e. The molecule has 0 unspecified atom stereocenters. The van der Waals surface area contributed by atoms with E-state index < -0.39 is 10.8 Å². The van der Waals surface area contributed by atoms with Crippen molar-refractivity contribution < 1.29 is 4.21 Å². The zero-order chi connectivity index (χ0) is 16.9. The van der Waals surface area contributed by atoms with Gasteiger partial charge in [0.25, 0.3) is 0 Å². The third-order valence-electron chi connectivity index (χ3n) is 4.80. The number of tetrazole rings is 1. The second-order valence-electron chi connectivity index (χ2n) is 6.33. The van der Waals surface area contributed by atoms with Crippen molar-refractivity contribution in [3.05, 3.63) is 36.2 Å². The summed E-state index contributed by atoms with van der Waals surface area (Å²) >= 11 is 0. The number of aromatic nitrogens is 4. The molecule has 0 amide bonds. The average molecular weight is 347 g/mol. The minimum atomic E-state index is -0.728. The number of nitrogens with one attached hydrogen (secondary N) is 1. The van der Waals surface area contributed by atoms with E-state index in [9.17, 15) is 4.21 Å². The lowest BCUT2D eigenvalue weighted by molar-refractivity contribution is 0.352. The highest BCUT2D eigenvalue weighted by molar-refractivity contribution is 7.85. The summed E-state index contributed by atoms with van der Waals surface area (Å²) in [7, 11) is -0.728. The van der Waals surface area contributed by atoms with Crippen molar-refractivity contribution in [3.8, 4) is 5.69 Å². The van der Waals surface area contributed by atoms with Gasteiger partial charge in [0, 0.05) is 28.6 Å². The largest absolute Gasteiger partial charge is 0.306 e. The van der Waals surface area contributed by atoms with Gasteiger partial charge in [-0.3, -0.25) is 4.21 Å². The van der Waals surface area contributed by atoms with E-state index in [1.165, 1.54) is 18.4 Å². The van der Waals surface area contributed by atoms with Gasteiger partial charge in [0.1, 0.15) is 6.33 Å². The van der Waals surface area contributed by atoms with Crippen molar-refractivity contribution >= 4 is 10.8 Å². The highest BCUT2D eigenvalue weighted by Crippen LogP contribution is 2.26. The summed E-state index contributed by atoms with van der Waals surface area (Å²) in [5.74, 6) is 0.748. The van der Waals surface area contributed by atoms with Crippen LogP contribution in [0.5, 0.6) is 0 Å². The summed E-state index contributed by atoms with van der Waals surface area (Å²) in [5, 5.41) is 15.2. The zero-order valence-corrected chi connectivity index (χ0v) is 15.1. The molecule has 0 aliphatic heterocycles. The second kappa shape index (κ2) is 7.98. The molecular formula is C17H25N5OS. The van der Waals surface area contributed by atoms with Gasteiger partial charge >= 0.3 is 0 Å². The summed E-state index contributed by atoms with van der Waals surface area (Å²) in [6.45, 7) is 4.19. The molecule has 24 heavy (non-hydrogen) atoms. The standard InChI is InChI=1S/C17H25N5OS/c1-3-24(23)17-7-5-4-6-16(17)19-13(2)14-8-10-15(11-9-14)22-12-18-20-21-22/h8-13,16-17,19H,3-7H2,1-2H3/t13-,16-,17+,24+/m0/s1. The molecule has 0 radical (unpaired) electrons. The van der Waals surface area contributed by atoms with E-state index in [1.54, 1.807) is 11.0 Å². The van der Waals surface area contributed by atoms with Gasteiger partial charge in [-0.25, -0.2) is 4.68 Å². The van der Waals surface area contributed by atoms with Crippen LogP contribution in [0.4, 0.5) is 0 Å². The van der Waals surface area contributed by atoms with Crippen LogP contribution in [-0.2, 0) is 10.8 Å². The van der Waals surface area contributed by atoms with Gasteiger partial charge in [0.2, 0.25) is 0 Å². The van der Waals surface area contributed by atoms with Gasteiger partial charge in [0.15, 0.2) is 0 Å². The lowest BCUT2D eigenvalue weighted by Gasteiger charge is -2.33. The third-order valence-corrected chi connectivity index (χ3v) is 6.60.